The van der Waals surface area contributed by atoms with Gasteiger partial charge in [-0.25, -0.2) is 0 Å². The zero-order valence-corrected chi connectivity index (χ0v) is 9.72. The van der Waals surface area contributed by atoms with Crippen LogP contribution >= 0.6 is 23.2 Å². The van der Waals surface area contributed by atoms with Crippen molar-refractivity contribution in [2.75, 3.05) is 0 Å². The van der Waals surface area contributed by atoms with Crippen LogP contribution < -0.4 is 0 Å². The van der Waals surface area contributed by atoms with Crippen molar-refractivity contribution in [3.63, 3.8) is 0 Å². The Morgan fingerprint density at radius 2 is 1.94 bits per heavy atom. The predicted octanol–water partition coefficient (Wildman–Crippen LogP) is 4.05. The topological polar surface area (TPSA) is 36.9 Å². The number of rotatable bonds is 2. The number of benzene rings is 1. The van der Waals surface area contributed by atoms with E-state index in [0.29, 0.717) is 22.2 Å². The van der Waals surface area contributed by atoms with E-state index in [2.05, 4.69) is 0 Å². The van der Waals surface area contributed by atoms with E-state index in [1.807, 2.05) is 18.2 Å². The normalized spacial score (nSPS) is 10.1. The summed E-state index contributed by atoms with van der Waals surface area (Å²) in [4.78, 5) is 0. The van der Waals surface area contributed by atoms with E-state index in [4.69, 9.17) is 32.9 Å². The van der Waals surface area contributed by atoms with Gasteiger partial charge in [0, 0.05) is 6.42 Å². The van der Waals surface area contributed by atoms with Crippen LogP contribution in [0, 0.1) is 11.3 Å². The van der Waals surface area contributed by atoms with Gasteiger partial charge in [0.25, 0.3) is 0 Å². The van der Waals surface area contributed by atoms with Gasteiger partial charge >= 0.3 is 0 Å². The molecule has 0 amide bonds. The third kappa shape index (κ3) is 2.38. The van der Waals surface area contributed by atoms with Gasteiger partial charge in [0.1, 0.15) is 6.07 Å². The maximum absolute atomic E-state index is 8.62. The Kier molecular flexibility index (Phi) is 3.19. The minimum absolute atomic E-state index is 0.315. The molecule has 2 aromatic rings. The van der Waals surface area contributed by atoms with Crippen molar-refractivity contribution in [3.8, 4) is 6.07 Å². The molecule has 0 spiro atoms. The molecule has 0 unspecified atom stereocenters. The molecule has 0 N–H and O–H groups in total. The van der Waals surface area contributed by atoms with E-state index >= 15 is 0 Å². The third-order valence-corrected chi connectivity index (χ3v) is 2.90. The van der Waals surface area contributed by atoms with Gasteiger partial charge in [-0.05, 0) is 29.3 Å². The maximum Gasteiger partial charge on any atom is 0.203 e. The standard InChI is InChI=1S/C12H7Cl2NO/c13-11-2-1-8(5-12(11)14)3-9-4-10(6-15)16-7-9/h1-2,4-5,7H,3H2. The Hall–Kier alpha value is -1.43. The van der Waals surface area contributed by atoms with Gasteiger partial charge in [-0.1, -0.05) is 29.3 Å². The Balaban J connectivity index is 2.21. The average Bonchev–Trinajstić information content (AvgIpc) is 2.71. The zero-order chi connectivity index (χ0) is 11.5. The van der Waals surface area contributed by atoms with Crippen LogP contribution in [0.4, 0.5) is 0 Å². The lowest BCUT2D eigenvalue weighted by Crippen LogP contribution is -1.85. The SMILES string of the molecule is N#Cc1cc(Cc2ccc(Cl)c(Cl)c2)co1. The fourth-order valence-electron chi connectivity index (χ4n) is 1.41. The predicted molar refractivity (Wildman–Crippen MR) is 62.7 cm³/mol. The molecule has 1 aromatic carbocycles. The van der Waals surface area contributed by atoms with Crippen LogP contribution in [-0.4, -0.2) is 0 Å². The van der Waals surface area contributed by atoms with Crippen LogP contribution in [0.2, 0.25) is 10.0 Å². The molecule has 1 aromatic heterocycles. The molecular formula is C12H7Cl2NO. The lowest BCUT2D eigenvalue weighted by atomic mass is 10.1. The summed E-state index contributed by atoms with van der Waals surface area (Å²) >= 11 is 11.7. The van der Waals surface area contributed by atoms with Crippen molar-refractivity contribution in [2.24, 2.45) is 0 Å². The number of furan rings is 1. The van der Waals surface area contributed by atoms with Crippen molar-refractivity contribution >= 4 is 23.2 Å². The summed E-state index contributed by atoms with van der Waals surface area (Å²) in [6.45, 7) is 0. The molecule has 0 saturated carbocycles. The van der Waals surface area contributed by atoms with Crippen molar-refractivity contribution in [1.82, 2.24) is 0 Å². The van der Waals surface area contributed by atoms with Crippen LogP contribution in [0.25, 0.3) is 0 Å². The van der Waals surface area contributed by atoms with E-state index in [0.717, 1.165) is 11.1 Å². The molecule has 0 saturated heterocycles. The maximum atomic E-state index is 8.62. The molecule has 0 atom stereocenters. The lowest BCUT2D eigenvalue weighted by Gasteiger charge is -2.00. The first-order valence-corrected chi connectivity index (χ1v) is 5.36. The molecule has 4 heteroatoms. The van der Waals surface area contributed by atoms with Crippen LogP contribution in [0.3, 0.4) is 0 Å². The van der Waals surface area contributed by atoms with Crippen LogP contribution in [0.5, 0.6) is 0 Å². The molecule has 1 heterocycles. The summed E-state index contributed by atoms with van der Waals surface area (Å²) in [5, 5.41) is 9.68. The highest BCUT2D eigenvalue weighted by Gasteiger charge is 2.04. The number of nitrogens with zero attached hydrogens (tertiary/aromatic N) is 1. The molecule has 0 aliphatic carbocycles. The highest BCUT2D eigenvalue weighted by atomic mass is 35.5. The highest BCUT2D eigenvalue weighted by molar-refractivity contribution is 6.42. The van der Waals surface area contributed by atoms with Crippen molar-refractivity contribution in [3.05, 3.63) is 57.5 Å². The number of nitriles is 1. The Labute approximate surface area is 103 Å². The second-order valence-electron chi connectivity index (χ2n) is 3.36. The molecule has 0 fully saturated rings. The van der Waals surface area contributed by atoms with Crippen molar-refractivity contribution < 1.29 is 4.42 Å². The number of hydrogen-bond acceptors (Lipinski definition) is 2. The second kappa shape index (κ2) is 4.61. The molecule has 0 aliphatic heterocycles. The van der Waals surface area contributed by atoms with Gasteiger partial charge in [-0.15, -0.1) is 0 Å². The Bertz CT molecular complexity index is 554. The number of halogens is 2. The molecule has 2 rings (SSSR count). The van der Waals surface area contributed by atoms with Gasteiger partial charge in [0.05, 0.1) is 16.3 Å². The zero-order valence-electron chi connectivity index (χ0n) is 8.21. The van der Waals surface area contributed by atoms with E-state index in [1.165, 1.54) is 0 Å². The van der Waals surface area contributed by atoms with E-state index in [-0.39, 0.29) is 0 Å². The largest absolute Gasteiger partial charge is 0.454 e. The fraction of sp³-hybridized carbons (Fsp3) is 0.0833. The van der Waals surface area contributed by atoms with E-state index in [1.54, 1.807) is 18.4 Å². The first kappa shape index (κ1) is 11.1. The second-order valence-corrected chi connectivity index (χ2v) is 4.17. The van der Waals surface area contributed by atoms with E-state index in [9.17, 15) is 0 Å². The van der Waals surface area contributed by atoms with Crippen LogP contribution in [0.15, 0.2) is 34.9 Å². The van der Waals surface area contributed by atoms with Gasteiger partial charge in [-0.3, -0.25) is 0 Å². The van der Waals surface area contributed by atoms with Gasteiger partial charge < -0.3 is 4.42 Å². The molecule has 80 valence electrons. The average molecular weight is 252 g/mol. The summed E-state index contributed by atoms with van der Waals surface area (Å²) in [6.07, 6.45) is 2.24. The summed E-state index contributed by atoms with van der Waals surface area (Å²) in [6, 6.07) is 9.11. The quantitative estimate of drug-likeness (QED) is 0.808. The summed E-state index contributed by atoms with van der Waals surface area (Å²) in [5.74, 6) is 0.315. The minimum atomic E-state index is 0.315. The first-order chi connectivity index (χ1) is 7.69. The summed E-state index contributed by atoms with van der Waals surface area (Å²) in [7, 11) is 0. The molecule has 16 heavy (non-hydrogen) atoms. The molecule has 0 aliphatic rings. The minimum Gasteiger partial charge on any atom is -0.454 e. The molecule has 0 radical (unpaired) electrons. The first-order valence-electron chi connectivity index (χ1n) is 4.60. The van der Waals surface area contributed by atoms with Crippen LogP contribution in [-0.2, 0) is 6.42 Å². The van der Waals surface area contributed by atoms with Crippen LogP contribution in [0.1, 0.15) is 16.9 Å². The lowest BCUT2D eigenvalue weighted by molar-refractivity contribution is 0.550. The van der Waals surface area contributed by atoms with E-state index < -0.39 is 0 Å². The highest BCUT2D eigenvalue weighted by Crippen LogP contribution is 2.24. The molecular weight excluding hydrogens is 245 g/mol. The monoisotopic (exact) mass is 251 g/mol. The summed E-state index contributed by atoms with van der Waals surface area (Å²) in [5.41, 5.74) is 1.97. The number of hydrogen-bond donors (Lipinski definition) is 0. The fourth-order valence-corrected chi connectivity index (χ4v) is 1.73. The summed E-state index contributed by atoms with van der Waals surface area (Å²) < 4.78 is 5.02. The Morgan fingerprint density at radius 1 is 1.12 bits per heavy atom. The molecule has 2 nitrogen and oxygen atoms in total. The van der Waals surface area contributed by atoms with Gasteiger partial charge in [0.2, 0.25) is 5.76 Å². The van der Waals surface area contributed by atoms with Crippen molar-refractivity contribution in [2.45, 2.75) is 6.42 Å². The third-order valence-electron chi connectivity index (χ3n) is 2.16. The van der Waals surface area contributed by atoms with Gasteiger partial charge in [0.15, 0.2) is 0 Å². The smallest absolute Gasteiger partial charge is 0.203 e. The molecule has 0 bridgehead atoms. The Morgan fingerprint density at radius 3 is 2.56 bits per heavy atom. The van der Waals surface area contributed by atoms with Crippen molar-refractivity contribution in [1.29, 1.82) is 5.26 Å². The van der Waals surface area contributed by atoms with Gasteiger partial charge in [-0.2, -0.15) is 5.26 Å².